The number of benzene rings is 2. The van der Waals surface area contributed by atoms with Crippen molar-refractivity contribution in [2.45, 2.75) is 26.0 Å². The van der Waals surface area contributed by atoms with E-state index < -0.39 is 17.6 Å². The molecule has 0 spiro atoms. The van der Waals surface area contributed by atoms with E-state index in [9.17, 15) is 14.7 Å². The van der Waals surface area contributed by atoms with Crippen LogP contribution in [0.3, 0.4) is 0 Å². The van der Waals surface area contributed by atoms with Gasteiger partial charge < -0.3 is 9.84 Å². The Kier molecular flexibility index (Phi) is 5.46. The van der Waals surface area contributed by atoms with Gasteiger partial charge in [-0.05, 0) is 43.7 Å². The van der Waals surface area contributed by atoms with Gasteiger partial charge in [-0.1, -0.05) is 41.9 Å². The summed E-state index contributed by atoms with van der Waals surface area (Å²) in [5, 5.41) is 9.98. The average Bonchev–Trinajstić information content (AvgIpc) is 2.55. The predicted octanol–water partition coefficient (Wildman–Crippen LogP) is 4.35. The monoisotopic (exact) mass is 347 g/mol. The number of halogens is 1. The first-order valence-corrected chi connectivity index (χ1v) is 7.70. The number of carboxylic acid groups (broad SMARTS) is 1. The zero-order valence-electron chi connectivity index (χ0n) is 13.4. The number of anilines is 1. The van der Waals surface area contributed by atoms with Gasteiger partial charge >= 0.3 is 12.1 Å². The molecule has 0 aliphatic carbocycles. The van der Waals surface area contributed by atoms with Crippen molar-refractivity contribution >= 4 is 29.4 Å². The van der Waals surface area contributed by atoms with Crippen molar-refractivity contribution in [3.63, 3.8) is 0 Å². The molecule has 2 rings (SSSR count). The summed E-state index contributed by atoms with van der Waals surface area (Å²) in [6, 6.07) is 15.5. The molecule has 0 aromatic heterocycles. The van der Waals surface area contributed by atoms with Gasteiger partial charge in [-0.25, -0.2) is 9.59 Å². The van der Waals surface area contributed by atoms with Crippen LogP contribution in [-0.2, 0) is 16.1 Å². The van der Waals surface area contributed by atoms with Gasteiger partial charge in [-0.3, -0.25) is 4.90 Å². The number of amides is 1. The average molecular weight is 348 g/mol. The maximum atomic E-state index is 12.6. The molecule has 5 nitrogen and oxygen atoms in total. The molecule has 0 radical (unpaired) electrons. The quantitative estimate of drug-likeness (QED) is 0.873. The third kappa shape index (κ3) is 4.06. The molecular formula is C18H18ClNO4. The summed E-state index contributed by atoms with van der Waals surface area (Å²) >= 11 is 5.86. The second-order valence-corrected chi connectivity index (χ2v) is 6.15. The van der Waals surface area contributed by atoms with Gasteiger partial charge in [-0.2, -0.15) is 0 Å². The van der Waals surface area contributed by atoms with Crippen LogP contribution in [0.25, 0.3) is 0 Å². The van der Waals surface area contributed by atoms with Crippen molar-refractivity contribution in [3.05, 3.63) is 65.2 Å². The number of carbonyl (C=O) groups excluding carboxylic acids is 1. The Morgan fingerprint density at radius 3 is 2.21 bits per heavy atom. The fourth-order valence-electron chi connectivity index (χ4n) is 2.13. The zero-order chi connectivity index (χ0) is 17.7. The Morgan fingerprint density at radius 2 is 1.67 bits per heavy atom. The topological polar surface area (TPSA) is 66.8 Å². The molecule has 0 unspecified atom stereocenters. The van der Waals surface area contributed by atoms with Gasteiger partial charge in [0.15, 0.2) is 0 Å². The van der Waals surface area contributed by atoms with Crippen LogP contribution in [0.15, 0.2) is 54.6 Å². The largest absolute Gasteiger partial charge is 0.480 e. The molecule has 0 bridgehead atoms. The van der Waals surface area contributed by atoms with Crippen molar-refractivity contribution in [2.24, 2.45) is 0 Å². The van der Waals surface area contributed by atoms with Gasteiger partial charge in [0.25, 0.3) is 0 Å². The molecule has 1 amide bonds. The summed E-state index contributed by atoms with van der Waals surface area (Å²) < 4.78 is 5.30. The number of aliphatic carboxylic acids is 1. The van der Waals surface area contributed by atoms with E-state index in [0.29, 0.717) is 10.7 Å². The van der Waals surface area contributed by atoms with E-state index in [0.717, 1.165) is 10.5 Å². The molecule has 0 atom stereocenters. The summed E-state index contributed by atoms with van der Waals surface area (Å²) in [6.07, 6.45) is -0.742. The number of carboxylic acids is 1. The Bertz CT molecular complexity index is 714. The predicted molar refractivity (Wildman–Crippen MR) is 92.3 cm³/mol. The molecule has 0 heterocycles. The Balaban J connectivity index is 2.26. The van der Waals surface area contributed by atoms with Crippen LogP contribution in [0, 0.1) is 0 Å². The first-order valence-electron chi connectivity index (χ1n) is 7.32. The molecule has 6 heteroatoms. The van der Waals surface area contributed by atoms with Crippen LogP contribution >= 0.6 is 11.6 Å². The molecule has 1 N–H and O–H groups in total. The highest BCUT2D eigenvalue weighted by molar-refractivity contribution is 6.30. The van der Waals surface area contributed by atoms with Crippen molar-refractivity contribution in [1.82, 2.24) is 0 Å². The number of nitrogens with zero attached hydrogens (tertiary/aromatic N) is 1. The van der Waals surface area contributed by atoms with Crippen molar-refractivity contribution in [3.8, 4) is 0 Å². The molecular weight excluding hydrogens is 330 g/mol. The highest BCUT2D eigenvalue weighted by Gasteiger charge is 2.40. The van der Waals surface area contributed by atoms with Gasteiger partial charge in [-0.15, -0.1) is 0 Å². The van der Waals surface area contributed by atoms with E-state index in [2.05, 4.69) is 0 Å². The number of carbonyl (C=O) groups is 2. The smallest absolute Gasteiger partial charge is 0.415 e. The zero-order valence-corrected chi connectivity index (χ0v) is 14.2. The first-order chi connectivity index (χ1) is 11.3. The molecule has 126 valence electrons. The highest BCUT2D eigenvalue weighted by atomic mass is 35.5. The summed E-state index contributed by atoms with van der Waals surface area (Å²) in [7, 11) is 0. The molecule has 2 aromatic carbocycles. The molecule has 0 saturated heterocycles. The van der Waals surface area contributed by atoms with Gasteiger partial charge in [0.05, 0.1) is 0 Å². The number of hydrogen-bond acceptors (Lipinski definition) is 3. The third-order valence-electron chi connectivity index (χ3n) is 3.55. The van der Waals surface area contributed by atoms with Crippen LogP contribution in [0.4, 0.5) is 10.5 Å². The lowest BCUT2D eigenvalue weighted by Gasteiger charge is -2.34. The summed E-state index contributed by atoms with van der Waals surface area (Å²) in [4.78, 5) is 25.3. The van der Waals surface area contributed by atoms with Gasteiger partial charge in [0.1, 0.15) is 12.1 Å². The minimum absolute atomic E-state index is 0.0550. The first kappa shape index (κ1) is 17.8. The number of ether oxygens (including phenoxy) is 1. The maximum absolute atomic E-state index is 12.6. The van der Waals surface area contributed by atoms with Gasteiger partial charge in [0.2, 0.25) is 0 Å². The lowest BCUT2D eigenvalue weighted by molar-refractivity contribution is -0.142. The fraction of sp³-hybridized carbons (Fsp3) is 0.222. The number of rotatable bonds is 5. The minimum Gasteiger partial charge on any atom is -0.480 e. The lowest BCUT2D eigenvalue weighted by atomic mass is 10.0. The van der Waals surface area contributed by atoms with Crippen LogP contribution in [0.2, 0.25) is 5.02 Å². The lowest BCUT2D eigenvalue weighted by Crippen LogP contribution is -2.53. The third-order valence-corrected chi connectivity index (χ3v) is 3.81. The molecule has 24 heavy (non-hydrogen) atoms. The van der Waals surface area contributed by atoms with Crippen molar-refractivity contribution in [2.75, 3.05) is 4.90 Å². The summed E-state index contributed by atoms with van der Waals surface area (Å²) in [5.41, 5.74) is -0.276. The second kappa shape index (κ2) is 7.36. The molecule has 0 fully saturated rings. The standard InChI is InChI=1S/C18H18ClNO4/c1-18(2,16(21)22)20(15-10-8-14(19)9-11-15)17(23)24-12-13-6-4-3-5-7-13/h3-11H,12H2,1-2H3,(H,21,22). The normalized spacial score (nSPS) is 11.0. The summed E-state index contributed by atoms with van der Waals surface area (Å²) in [5.74, 6) is -1.14. The van der Waals surface area contributed by atoms with Crippen molar-refractivity contribution in [1.29, 1.82) is 0 Å². The minimum atomic E-state index is -1.48. The molecule has 0 saturated carbocycles. The van der Waals surface area contributed by atoms with Gasteiger partial charge in [0, 0.05) is 10.7 Å². The van der Waals surface area contributed by atoms with E-state index in [1.54, 1.807) is 24.3 Å². The van der Waals surface area contributed by atoms with E-state index in [4.69, 9.17) is 16.3 Å². The second-order valence-electron chi connectivity index (χ2n) is 5.72. The summed E-state index contributed by atoms with van der Waals surface area (Å²) in [6.45, 7) is 2.93. The van der Waals surface area contributed by atoms with Crippen LogP contribution in [-0.4, -0.2) is 22.7 Å². The number of hydrogen-bond donors (Lipinski definition) is 1. The maximum Gasteiger partial charge on any atom is 0.415 e. The van der Waals surface area contributed by atoms with Crippen LogP contribution < -0.4 is 4.90 Å². The molecule has 0 aliphatic rings. The highest BCUT2D eigenvalue weighted by Crippen LogP contribution is 2.27. The van der Waals surface area contributed by atoms with Crippen molar-refractivity contribution < 1.29 is 19.4 Å². The SMILES string of the molecule is CC(C)(C(=O)O)N(C(=O)OCc1ccccc1)c1ccc(Cl)cc1. The Morgan fingerprint density at radius 1 is 1.08 bits per heavy atom. The van der Waals surface area contributed by atoms with E-state index in [1.165, 1.54) is 13.8 Å². The van der Waals surface area contributed by atoms with E-state index >= 15 is 0 Å². The molecule has 0 aliphatic heterocycles. The van der Waals surface area contributed by atoms with E-state index in [-0.39, 0.29) is 6.61 Å². The van der Waals surface area contributed by atoms with Crippen LogP contribution in [0.1, 0.15) is 19.4 Å². The fourth-order valence-corrected chi connectivity index (χ4v) is 2.25. The van der Waals surface area contributed by atoms with E-state index in [1.807, 2.05) is 30.3 Å². The molecule has 2 aromatic rings. The Hall–Kier alpha value is -2.53. The Labute approximate surface area is 145 Å². The van der Waals surface area contributed by atoms with Crippen LogP contribution in [0.5, 0.6) is 0 Å².